The van der Waals surface area contributed by atoms with Crippen LogP contribution in [0.1, 0.15) is 30.1 Å². The van der Waals surface area contributed by atoms with Crippen LogP contribution in [0, 0.1) is 0 Å². The first-order chi connectivity index (χ1) is 8.42. The summed E-state index contributed by atoms with van der Waals surface area (Å²) < 4.78 is 28.6. The zero-order valence-electron chi connectivity index (χ0n) is 10.0. The standard InChI is InChI=1S/C11H16N2O4S/c1-2-3-8-17-11(14)9-4-6-10(7-5-9)13-18(12,15)16/h4-7,13H,2-3,8H2,1H3,(H2,12,15,16). The molecule has 1 rings (SSSR count). The number of carbonyl (C=O) groups is 1. The summed E-state index contributed by atoms with van der Waals surface area (Å²) in [6.07, 6.45) is 1.77. The summed E-state index contributed by atoms with van der Waals surface area (Å²) in [6, 6.07) is 5.84. The van der Waals surface area contributed by atoms with Crippen LogP contribution in [0.2, 0.25) is 0 Å². The Morgan fingerprint density at radius 1 is 1.33 bits per heavy atom. The van der Waals surface area contributed by atoms with Crippen LogP contribution in [-0.2, 0) is 14.9 Å². The first kappa shape index (κ1) is 14.5. The maximum absolute atomic E-state index is 11.5. The molecule has 6 nitrogen and oxygen atoms in total. The van der Waals surface area contributed by atoms with Gasteiger partial charge in [-0.05, 0) is 30.7 Å². The number of hydrogen-bond acceptors (Lipinski definition) is 4. The number of hydrogen-bond donors (Lipinski definition) is 2. The van der Waals surface area contributed by atoms with Gasteiger partial charge in [0, 0.05) is 5.69 Å². The van der Waals surface area contributed by atoms with Gasteiger partial charge >= 0.3 is 5.97 Å². The van der Waals surface area contributed by atoms with Crippen molar-refractivity contribution in [2.45, 2.75) is 19.8 Å². The molecule has 3 N–H and O–H groups in total. The Bertz CT molecular complexity index is 496. The van der Waals surface area contributed by atoms with Crippen LogP contribution in [0.15, 0.2) is 24.3 Å². The molecule has 1 aromatic rings. The van der Waals surface area contributed by atoms with Gasteiger partial charge in [0.2, 0.25) is 0 Å². The van der Waals surface area contributed by atoms with Crippen molar-refractivity contribution in [3.05, 3.63) is 29.8 Å². The molecular weight excluding hydrogens is 256 g/mol. The van der Waals surface area contributed by atoms with Crippen LogP contribution in [-0.4, -0.2) is 21.0 Å². The highest BCUT2D eigenvalue weighted by atomic mass is 32.2. The van der Waals surface area contributed by atoms with E-state index in [0.717, 1.165) is 12.8 Å². The topological polar surface area (TPSA) is 98.5 Å². The number of nitrogens with one attached hydrogen (secondary N) is 1. The summed E-state index contributed by atoms with van der Waals surface area (Å²) in [5.41, 5.74) is 0.661. The predicted octanol–water partition coefficient (Wildman–Crippen LogP) is 1.26. The Morgan fingerprint density at radius 2 is 1.94 bits per heavy atom. The first-order valence-corrected chi connectivity index (χ1v) is 7.04. The fourth-order valence-electron chi connectivity index (χ4n) is 1.23. The van der Waals surface area contributed by atoms with E-state index in [9.17, 15) is 13.2 Å². The molecule has 0 aromatic heterocycles. The molecule has 0 unspecified atom stereocenters. The van der Waals surface area contributed by atoms with Gasteiger partial charge in [-0.25, -0.2) is 9.93 Å². The van der Waals surface area contributed by atoms with E-state index in [1.165, 1.54) is 24.3 Å². The largest absolute Gasteiger partial charge is 0.462 e. The highest BCUT2D eigenvalue weighted by Gasteiger charge is 2.07. The molecule has 100 valence electrons. The molecule has 1 aromatic carbocycles. The van der Waals surface area contributed by atoms with Crippen molar-refractivity contribution in [1.29, 1.82) is 0 Å². The van der Waals surface area contributed by atoms with E-state index in [1.54, 1.807) is 0 Å². The van der Waals surface area contributed by atoms with Gasteiger partial charge in [0.15, 0.2) is 0 Å². The molecule has 7 heteroatoms. The van der Waals surface area contributed by atoms with Crippen LogP contribution < -0.4 is 9.86 Å². The number of benzene rings is 1. The van der Waals surface area contributed by atoms with Crippen molar-refractivity contribution >= 4 is 21.9 Å². The van der Waals surface area contributed by atoms with Crippen molar-refractivity contribution in [2.75, 3.05) is 11.3 Å². The van der Waals surface area contributed by atoms with Crippen LogP contribution in [0.25, 0.3) is 0 Å². The molecule has 0 radical (unpaired) electrons. The molecule has 18 heavy (non-hydrogen) atoms. The van der Waals surface area contributed by atoms with Crippen molar-refractivity contribution in [3.8, 4) is 0 Å². The van der Waals surface area contributed by atoms with Crippen LogP contribution >= 0.6 is 0 Å². The molecule has 0 fully saturated rings. The molecular formula is C11H16N2O4S. The second-order valence-corrected chi connectivity index (χ2v) is 5.01. The SMILES string of the molecule is CCCCOC(=O)c1ccc(NS(N)(=O)=O)cc1. The Kier molecular flexibility index (Phi) is 5.11. The van der Waals surface area contributed by atoms with Gasteiger partial charge in [0.25, 0.3) is 10.2 Å². The molecule has 0 amide bonds. The van der Waals surface area contributed by atoms with Crippen molar-refractivity contribution in [3.63, 3.8) is 0 Å². The van der Waals surface area contributed by atoms with E-state index >= 15 is 0 Å². The minimum Gasteiger partial charge on any atom is -0.462 e. The fourth-order valence-corrected chi connectivity index (χ4v) is 1.70. The first-order valence-electron chi connectivity index (χ1n) is 5.50. The average molecular weight is 272 g/mol. The van der Waals surface area contributed by atoms with Crippen LogP contribution in [0.5, 0.6) is 0 Å². The number of carbonyl (C=O) groups excluding carboxylic acids is 1. The number of anilines is 1. The summed E-state index contributed by atoms with van der Waals surface area (Å²) in [5.74, 6) is -0.425. The van der Waals surface area contributed by atoms with Crippen LogP contribution in [0.4, 0.5) is 5.69 Å². The predicted molar refractivity (Wildman–Crippen MR) is 68.4 cm³/mol. The summed E-state index contributed by atoms with van der Waals surface area (Å²) in [6.45, 7) is 2.38. The number of nitrogens with two attached hydrogens (primary N) is 1. The lowest BCUT2D eigenvalue weighted by Gasteiger charge is -2.06. The molecule has 0 heterocycles. The van der Waals surface area contributed by atoms with Gasteiger partial charge in [-0.3, -0.25) is 4.72 Å². The monoisotopic (exact) mass is 272 g/mol. The lowest BCUT2D eigenvalue weighted by atomic mass is 10.2. The van der Waals surface area contributed by atoms with Gasteiger partial charge in [0.1, 0.15) is 0 Å². The third-order valence-corrected chi connectivity index (χ3v) is 2.63. The minimum absolute atomic E-state index is 0.294. The van der Waals surface area contributed by atoms with Gasteiger partial charge in [-0.15, -0.1) is 0 Å². The van der Waals surface area contributed by atoms with Crippen molar-refractivity contribution in [1.82, 2.24) is 0 Å². The summed E-state index contributed by atoms with van der Waals surface area (Å²) in [5, 5.41) is 4.82. The fraction of sp³-hybridized carbons (Fsp3) is 0.364. The molecule has 0 aliphatic carbocycles. The van der Waals surface area contributed by atoms with E-state index in [-0.39, 0.29) is 0 Å². The Hall–Kier alpha value is -1.60. The molecule has 0 saturated carbocycles. The Balaban J connectivity index is 2.62. The van der Waals surface area contributed by atoms with Crippen molar-refractivity contribution in [2.24, 2.45) is 5.14 Å². The Labute approximate surface area is 106 Å². The van der Waals surface area contributed by atoms with E-state index in [1.807, 2.05) is 6.92 Å². The second-order valence-electron chi connectivity index (χ2n) is 3.71. The molecule has 0 aliphatic heterocycles. The molecule has 0 saturated heterocycles. The van der Waals surface area contributed by atoms with E-state index in [0.29, 0.717) is 17.9 Å². The second kappa shape index (κ2) is 6.36. The average Bonchev–Trinajstić information content (AvgIpc) is 2.28. The molecule has 0 spiro atoms. The third kappa shape index (κ3) is 5.15. The number of rotatable bonds is 6. The maximum Gasteiger partial charge on any atom is 0.338 e. The normalized spacial score (nSPS) is 11.0. The quantitative estimate of drug-likeness (QED) is 0.601. The van der Waals surface area contributed by atoms with Gasteiger partial charge < -0.3 is 4.74 Å². The van der Waals surface area contributed by atoms with Crippen LogP contribution in [0.3, 0.4) is 0 Å². The highest BCUT2D eigenvalue weighted by Crippen LogP contribution is 2.11. The highest BCUT2D eigenvalue weighted by molar-refractivity contribution is 7.90. The Morgan fingerprint density at radius 3 is 2.44 bits per heavy atom. The summed E-state index contributed by atoms with van der Waals surface area (Å²) in [4.78, 5) is 11.5. The lowest BCUT2D eigenvalue weighted by molar-refractivity contribution is 0.0500. The maximum atomic E-state index is 11.5. The number of esters is 1. The minimum atomic E-state index is -3.79. The van der Waals surface area contributed by atoms with E-state index in [2.05, 4.69) is 4.72 Å². The smallest absolute Gasteiger partial charge is 0.338 e. The number of unbranched alkanes of at least 4 members (excludes halogenated alkanes) is 1. The zero-order chi connectivity index (χ0) is 13.6. The lowest BCUT2D eigenvalue weighted by Crippen LogP contribution is -2.21. The number of ether oxygens (including phenoxy) is 1. The summed E-state index contributed by atoms with van der Waals surface area (Å²) in [7, 11) is -3.79. The zero-order valence-corrected chi connectivity index (χ0v) is 10.9. The van der Waals surface area contributed by atoms with Gasteiger partial charge in [-0.2, -0.15) is 8.42 Å². The summed E-state index contributed by atoms with van der Waals surface area (Å²) >= 11 is 0. The van der Waals surface area contributed by atoms with Gasteiger partial charge in [-0.1, -0.05) is 13.3 Å². The third-order valence-electron chi connectivity index (χ3n) is 2.11. The van der Waals surface area contributed by atoms with E-state index in [4.69, 9.17) is 9.88 Å². The van der Waals surface area contributed by atoms with E-state index < -0.39 is 16.2 Å². The molecule has 0 atom stereocenters. The van der Waals surface area contributed by atoms with Gasteiger partial charge in [0.05, 0.1) is 12.2 Å². The molecule has 0 bridgehead atoms. The van der Waals surface area contributed by atoms with Crippen molar-refractivity contribution < 1.29 is 17.9 Å². The molecule has 0 aliphatic rings.